The molecule has 0 atom stereocenters. The van der Waals surface area contributed by atoms with Crippen LogP contribution in [0.25, 0.3) is 38.9 Å². The fourth-order valence-electron chi connectivity index (χ4n) is 4.66. The van der Waals surface area contributed by atoms with Crippen molar-refractivity contribution in [3.63, 3.8) is 0 Å². The maximum Gasteiger partial charge on any atom is 0.265 e. The molecule has 7 rings (SSSR count). The van der Waals surface area contributed by atoms with Crippen molar-refractivity contribution >= 4 is 44.8 Å². The first-order chi connectivity index (χ1) is 17.6. The maximum absolute atomic E-state index is 14.0. The Kier molecular flexibility index (Phi) is 4.52. The average Bonchev–Trinajstić information content (AvgIpc) is 3.47. The molecule has 1 aliphatic heterocycles. The lowest BCUT2D eigenvalue weighted by Gasteiger charge is -2.11. The van der Waals surface area contributed by atoms with E-state index in [9.17, 15) is 4.79 Å². The molecular formula is C27H18ClN5O3. The first kappa shape index (κ1) is 20.9. The highest BCUT2D eigenvalue weighted by Gasteiger charge is 2.24. The van der Waals surface area contributed by atoms with Crippen LogP contribution >= 0.6 is 11.6 Å². The zero-order valence-corrected chi connectivity index (χ0v) is 19.9. The van der Waals surface area contributed by atoms with Crippen LogP contribution in [-0.4, -0.2) is 30.9 Å². The lowest BCUT2D eigenvalue weighted by molar-refractivity contribution is 0.174. The lowest BCUT2D eigenvalue weighted by atomic mass is 10.2. The van der Waals surface area contributed by atoms with Gasteiger partial charge in [0.25, 0.3) is 5.56 Å². The van der Waals surface area contributed by atoms with Gasteiger partial charge in [0, 0.05) is 11.1 Å². The Bertz CT molecular complexity index is 1890. The molecular weight excluding hydrogens is 478 g/mol. The number of nitrogens with zero attached hydrogens (tertiary/aromatic N) is 5. The van der Waals surface area contributed by atoms with Gasteiger partial charge >= 0.3 is 0 Å². The summed E-state index contributed by atoms with van der Waals surface area (Å²) in [4.78, 5) is 28.6. The number of fused-ring (bicyclic) bond motifs is 5. The summed E-state index contributed by atoms with van der Waals surface area (Å²) in [5.74, 6) is 1.88. The van der Waals surface area contributed by atoms with Crippen LogP contribution in [0.15, 0.2) is 71.5 Å². The molecule has 6 aromatic rings. The van der Waals surface area contributed by atoms with Crippen LogP contribution in [0.4, 0.5) is 0 Å². The van der Waals surface area contributed by atoms with Gasteiger partial charge in [-0.25, -0.2) is 15.0 Å². The zero-order valence-electron chi connectivity index (χ0n) is 19.1. The van der Waals surface area contributed by atoms with Crippen molar-refractivity contribution in [2.75, 3.05) is 6.79 Å². The number of ether oxygens (including phenoxy) is 2. The smallest absolute Gasteiger partial charge is 0.265 e. The summed E-state index contributed by atoms with van der Waals surface area (Å²) in [6.07, 6.45) is 0. The van der Waals surface area contributed by atoms with Gasteiger partial charge in [-0.1, -0.05) is 35.9 Å². The van der Waals surface area contributed by atoms with Gasteiger partial charge < -0.3 is 9.47 Å². The average molecular weight is 496 g/mol. The van der Waals surface area contributed by atoms with Gasteiger partial charge in [-0.2, -0.15) is 0 Å². The number of aryl methyl sites for hydroxylation is 1. The molecule has 176 valence electrons. The topological polar surface area (TPSA) is 84.1 Å². The minimum atomic E-state index is -0.179. The Hall–Kier alpha value is -4.43. The van der Waals surface area contributed by atoms with Crippen LogP contribution in [0.3, 0.4) is 0 Å². The quantitative estimate of drug-likeness (QED) is 0.342. The summed E-state index contributed by atoms with van der Waals surface area (Å²) in [5.41, 5.74) is 4.51. The fourth-order valence-corrected chi connectivity index (χ4v) is 4.78. The minimum absolute atomic E-state index is 0.170. The molecule has 0 amide bonds. The molecule has 3 aromatic carbocycles. The van der Waals surface area contributed by atoms with Crippen molar-refractivity contribution < 1.29 is 9.47 Å². The highest BCUT2D eigenvalue weighted by molar-refractivity contribution is 6.30. The number of hydrogen-bond donors (Lipinski definition) is 0. The predicted octanol–water partition coefficient (Wildman–Crippen LogP) is 5.02. The third-order valence-corrected chi connectivity index (χ3v) is 6.67. The zero-order chi connectivity index (χ0) is 24.4. The van der Waals surface area contributed by atoms with E-state index in [0.29, 0.717) is 56.6 Å². The van der Waals surface area contributed by atoms with E-state index < -0.39 is 0 Å². The standard InChI is InChI=1S/C27H18ClN5O3/c1-15-29-25-23(27(34)32(15)13-16-6-8-17(28)9-7-16)24-26(31-20-5-3-2-4-19(20)30-24)33(25)18-10-11-21-22(12-18)36-14-35-21/h2-12H,13-14H2,1H3. The summed E-state index contributed by atoms with van der Waals surface area (Å²) in [5, 5.41) is 1.06. The van der Waals surface area contributed by atoms with Crippen LogP contribution in [0.5, 0.6) is 11.5 Å². The third kappa shape index (κ3) is 3.15. The van der Waals surface area contributed by atoms with Crippen molar-refractivity contribution in [2.24, 2.45) is 0 Å². The van der Waals surface area contributed by atoms with Gasteiger partial charge in [0.2, 0.25) is 6.79 Å². The molecule has 0 N–H and O–H groups in total. The Labute approximate surface area is 209 Å². The molecule has 0 unspecified atom stereocenters. The summed E-state index contributed by atoms with van der Waals surface area (Å²) >= 11 is 6.05. The summed E-state index contributed by atoms with van der Waals surface area (Å²) in [7, 11) is 0. The highest BCUT2D eigenvalue weighted by atomic mass is 35.5. The van der Waals surface area contributed by atoms with Gasteiger partial charge in [0.15, 0.2) is 22.8 Å². The first-order valence-corrected chi connectivity index (χ1v) is 11.8. The van der Waals surface area contributed by atoms with E-state index in [0.717, 1.165) is 16.8 Å². The molecule has 3 aromatic heterocycles. The van der Waals surface area contributed by atoms with Crippen LogP contribution in [0.1, 0.15) is 11.4 Å². The van der Waals surface area contributed by atoms with E-state index >= 15 is 0 Å². The number of hydrogen-bond acceptors (Lipinski definition) is 6. The maximum atomic E-state index is 14.0. The Morgan fingerprint density at radius 3 is 2.44 bits per heavy atom. The molecule has 1 aliphatic rings. The number of halogens is 1. The molecule has 4 heterocycles. The van der Waals surface area contributed by atoms with Gasteiger partial charge in [-0.3, -0.25) is 13.9 Å². The van der Waals surface area contributed by atoms with Crippen molar-refractivity contribution in [1.82, 2.24) is 24.1 Å². The number of benzene rings is 3. The van der Waals surface area contributed by atoms with Gasteiger partial charge in [-0.15, -0.1) is 0 Å². The number of para-hydroxylation sites is 2. The van der Waals surface area contributed by atoms with Crippen LogP contribution < -0.4 is 15.0 Å². The summed E-state index contributed by atoms with van der Waals surface area (Å²) < 4.78 is 14.6. The van der Waals surface area contributed by atoms with Crippen LogP contribution in [0, 0.1) is 6.92 Å². The SMILES string of the molecule is Cc1nc2c(c(=O)n1Cc1ccc(Cl)cc1)c1nc3ccccc3nc1n2-c1ccc2c(c1)OCO2. The molecule has 0 spiro atoms. The molecule has 0 radical (unpaired) electrons. The predicted molar refractivity (Wildman–Crippen MR) is 137 cm³/mol. The van der Waals surface area contributed by atoms with Crippen molar-refractivity contribution in [3.05, 3.63) is 93.5 Å². The molecule has 0 bridgehead atoms. The van der Waals surface area contributed by atoms with Crippen molar-refractivity contribution in [3.8, 4) is 17.2 Å². The molecule has 0 saturated carbocycles. The number of aromatic nitrogens is 5. The second-order valence-corrected chi connectivity index (χ2v) is 9.07. The molecule has 0 saturated heterocycles. The largest absolute Gasteiger partial charge is 0.454 e. The number of rotatable bonds is 3. The summed E-state index contributed by atoms with van der Waals surface area (Å²) in [6.45, 7) is 2.36. The van der Waals surface area contributed by atoms with Gasteiger partial charge in [-0.05, 0) is 48.9 Å². The van der Waals surface area contributed by atoms with Gasteiger partial charge in [0.1, 0.15) is 16.7 Å². The monoisotopic (exact) mass is 495 g/mol. The van der Waals surface area contributed by atoms with Crippen LogP contribution in [-0.2, 0) is 6.54 Å². The van der Waals surface area contributed by atoms with E-state index in [1.54, 1.807) is 4.57 Å². The molecule has 0 aliphatic carbocycles. The van der Waals surface area contributed by atoms with E-state index in [2.05, 4.69) is 0 Å². The molecule has 9 heteroatoms. The van der Waals surface area contributed by atoms with Crippen molar-refractivity contribution in [2.45, 2.75) is 13.5 Å². The van der Waals surface area contributed by atoms with E-state index in [1.807, 2.05) is 78.2 Å². The second kappa shape index (κ2) is 7.79. The van der Waals surface area contributed by atoms with E-state index in [-0.39, 0.29) is 12.4 Å². The molecule has 36 heavy (non-hydrogen) atoms. The highest BCUT2D eigenvalue weighted by Crippen LogP contribution is 2.36. The van der Waals surface area contributed by atoms with Crippen molar-refractivity contribution in [1.29, 1.82) is 0 Å². The second-order valence-electron chi connectivity index (χ2n) is 8.63. The van der Waals surface area contributed by atoms with E-state index in [1.165, 1.54) is 0 Å². The fraction of sp³-hybridized carbons (Fsp3) is 0.111. The van der Waals surface area contributed by atoms with E-state index in [4.69, 9.17) is 36.0 Å². The summed E-state index contributed by atoms with van der Waals surface area (Å²) in [6, 6.07) is 20.7. The Balaban J connectivity index is 1.55. The Morgan fingerprint density at radius 1 is 0.889 bits per heavy atom. The van der Waals surface area contributed by atoms with Gasteiger partial charge in [0.05, 0.1) is 23.3 Å². The lowest BCUT2D eigenvalue weighted by Crippen LogP contribution is -2.24. The van der Waals surface area contributed by atoms with Crippen LogP contribution in [0.2, 0.25) is 5.02 Å². The molecule has 0 fully saturated rings. The third-order valence-electron chi connectivity index (χ3n) is 6.42. The normalized spacial score (nSPS) is 12.7. The molecule has 8 nitrogen and oxygen atoms in total. The Morgan fingerprint density at radius 2 is 1.64 bits per heavy atom. The minimum Gasteiger partial charge on any atom is -0.454 e. The first-order valence-electron chi connectivity index (χ1n) is 11.4.